The fraction of sp³-hybridized carbons (Fsp3) is 0.458. The van der Waals surface area contributed by atoms with Gasteiger partial charge in [-0.3, -0.25) is 9.39 Å². The number of hydrogen-bond acceptors (Lipinski definition) is 4. The zero-order valence-electron chi connectivity index (χ0n) is 19.4. The van der Waals surface area contributed by atoms with E-state index in [4.69, 9.17) is 9.73 Å². The number of benzene rings is 1. The molecule has 0 aliphatic heterocycles. The summed E-state index contributed by atoms with van der Waals surface area (Å²) in [6, 6.07) is 14.3. The van der Waals surface area contributed by atoms with Crippen LogP contribution in [0.5, 0.6) is 5.75 Å². The first-order valence-corrected chi connectivity index (χ1v) is 11.1. The Kier molecular flexibility index (Phi) is 10.7. The lowest BCUT2D eigenvalue weighted by molar-refractivity contribution is 0.271. The molecule has 7 nitrogen and oxygen atoms in total. The van der Waals surface area contributed by atoms with Crippen LogP contribution in [0.2, 0.25) is 0 Å². The van der Waals surface area contributed by atoms with Crippen LogP contribution in [0.15, 0.2) is 53.7 Å². The summed E-state index contributed by atoms with van der Waals surface area (Å²) in [6.07, 6.45) is 3.74. The van der Waals surface area contributed by atoms with Crippen LogP contribution < -0.4 is 15.4 Å². The molecule has 2 N–H and O–H groups in total. The van der Waals surface area contributed by atoms with Gasteiger partial charge in [-0.1, -0.05) is 32.0 Å². The highest BCUT2D eigenvalue weighted by molar-refractivity contribution is 14.0. The summed E-state index contributed by atoms with van der Waals surface area (Å²) < 4.78 is 7.81. The summed E-state index contributed by atoms with van der Waals surface area (Å²) in [4.78, 5) is 4.74. The molecule has 0 aliphatic rings. The van der Waals surface area contributed by atoms with E-state index in [9.17, 15) is 0 Å². The quantitative estimate of drug-likeness (QED) is 0.167. The van der Waals surface area contributed by atoms with Gasteiger partial charge in [0.15, 0.2) is 11.6 Å². The first-order valence-electron chi connectivity index (χ1n) is 11.1. The van der Waals surface area contributed by atoms with Gasteiger partial charge in [-0.25, -0.2) is 0 Å². The van der Waals surface area contributed by atoms with Gasteiger partial charge in [0.1, 0.15) is 11.6 Å². The Bertz CT molecular complexity index is 970. The van der Waals surface area contributed by atoms with Crippen molar-refractivity contribution < 1.29 is 4.74 Å². The molecule has 2 heterocycles. The number of fused-ring (bicyclic) bond motifs is 1. The van der Waals surface area contributed by atoms with Crippen LogP contribution in [0.25, 0.3) is 5.65 Å². The number of aliphatic imine (C=N–C) groups is 1. The van der Waals surface area contributed by atoms with Crippen molar-refractivity contribution in [2.24, 2.45) is 10.9 Å². The second kappa shape index (κ2) is 13.2. The molecule has 1 unspecified atom stereocenters. The number of aryl methyl sites for hydroxylation is 1. The summed E-state index contributed by atoms with van der Waals surface area (Å²) in [5.41, 5.74) is 2.07. The first kappa shape index (κ1) is 25.9. The minimum Gasteiger partial charge on any atom is -0.493 e. The fourth-order valence-electron chi connectivity index (χ4n) is 3.21. The maximum absolute atomic E-state index is 5.78. The highest BCUT2D eigenvalue weighted by atomic mass is 127. The molecule has 3 aromatic rings. The van der Waals surface area contributed by atoms with Crippen LogP contribution in [0.3, 0.4) is 0 Å². The van der Waals surface area contributed by atoms with E-state index < -0.39 is 0 Å². The number of nitrogens with one attached hydrogen (secondary N) is 2. The molecule has 0 amide bonds. The molecular weight excluding hydrogens is 515 g/mol. The third-order valence-corrected chi connectivity index (χ3v) is 4.87. The second-order valence-electron chi connectivity index (χ2n) is 8.05. The van der Waals surface area contributed by atoms with Gasteiger partial charge in [0, 0.05) is 25.7 Å². The molecule has 32 heavy (non-hydrogen) atoms. The molecule has 1 atom stereocenters. The lowest BCUT2D eigenvalue weighted by atomic mass is 10.1. The summed E-state index contributed by atoms with van der Waals surface area (Å²) in [5.74, 6) is 3.21. The van der Waals surface area contributed by atoms with Crippen LogP contribution in [0.4, 0.5) is 0 Å². The zero-order chi connectivity index (χ0) is 22.1. The Morgan fingerprint density at radius 3 is 2.59 bits per heavy atom. The number of rotatable bonds is 10. The summed E-state index contributed by atoms with van der Waals surface area (Å²) in [6.45, 7) is 10.8. The third-order valence-electron chi connectivity index (χ3n) is 4.87. The van der Waals surface area contributed by atoms with Crippen LogP contribution in [0, 0.1) is 5.92 Å². The number of guanidine groups is 1. The van der Waals surface area contributed by atoms with Crippen LogP contribution in [-0.4, -0.2) is 40.3 Å². The molecular formula is C24H35IN6O. The van der Waals surface area contributed by atoms with Gasteiger partial charge in [-0.15, -0.1) is 34.2 Å². The van der Waals surface area contributed by atoms with E-state index in [1.807, 2.05) is 40.9 Å². The summed E-state index contributed by atoms with van der Waals surface area (Å²) >= 11 is 0. The van der Waals surface area contributed by atoms with Crippen molar-refractivity contribution in [1.82, 2.24) is 25.2 Å². The molecule has 1 aromatic carbocycles. The Hall–Kier alpha value is -2.36. The van der Waals surface area contributed by atoms with Crippen molar-refractivity contribution >= 4 is 35.6 Å². The molecule has 3 rings (SSSR count). The predicted molar refractivity (Wildman–Crippen MR) is 141 cm³/mol. The maximum Gasteiger partial charge on any atom is 0.191 e. The number of ether oxygens (including phenoxy) is 1. The molecule has 0 aliphatic carbocycles. The Morgan fingerprint density at radius 2 is 1.88 bits per heavy atom. The van der Waals surface area contributed by atoms with Crippen molar-refractivity contribution in [3.8, 4) is 5.75 Å². The van der Waals surface area contributed by atoms with Crippen LogP contribution in [0.1, 0.15) is 51.5 Å². The second-order valence-corrected chi connectivity index (χ2v) is 8.05. The molecule has 0 bridgehead atoms. The molecule has 0 saturated carbocycles. The van der Waals surface area contributed by atoms with Crippen LogP contribution >= 0.6 is 24.0 Å². The Balaban J connectivity index is 0.00000363. The molecule has 0 radical (unpaired) electrons. The minimum absolute atomic E-state index is 0. The molecule has 174 valence electrons. The number of pyridine rings is 1. The maximum atomic E-state index is 5.78. The standard InChI is InChI=1S/C24H34N6O.HI/c1-5-25-24(26-15-8-10-23-29-28-22-9-6-7-16-30(22)23)27-19(4)20-11-13-21(14-12-20)31-17-18(2)3;/h6-7,9,11-14,16,18-19H,5,8,10,15,17H2,1-4H3,(H2,25,26,27);1H. The van der Waals surface area contributed by atoms with Crippen molar-refractivity contribution in [3.63, 3.8) is 0 Å². The molecule has 0 spiro atoms. The number of halogens is 1. The van der Waals surface area contributed by atoms with Gasteiger partial charge < -0.3 is 15.4 Å². The van der Waals surface area contributed by atoms with E-state index in [1.165, 1.54) is 5.56 Å². The topological polar surface area (TPSA) is 75.8 Å². The Labute approximate surface area is 208 Å². The van der Waals surface area contributed by atoms with Crippen molar-refractivity contribution in [2.45, 2.75) is 46.6 Å². The summed E-state index contributed by atoms with van der Waals surface area (Å²) in [7, 11) is 0. The van der Waals surface area contributed by atoms with Crippen molar-refractivity contribution in [2.75, 3.05) is 19.7 Å². The first-order chi connectivity index (χ1) is 15.1. The van der Waals surface area contributed by atoms with E-state index in [1.54, 1.807) is 0 Å². The summed E-state index contributed by atoms with van der Waals surface area (Å²) in [5, 5.41) is 15.3. The van der Waals surface area contributed by atoms with E-state index in [0.717, 1.165) is 49.2 Å². The fourth-order valence-corrected chi connectivity index (χ4v) is 3.21. The van der Waals surface area contributed by atoms with E-state index in [-0.39, 0.29) is 30.0 Å². The number of nitrogens with zero attached hydrogens (tertiary/aromatic N) is 4. The van der Waals surface area contributed by atoms with Crippen molar-refractivity contribution in [1.29, 1.82) is 0 Å². The SMILES string of the molecule is CCNC(=NCCCc1nnc2ccccn12)NC(C)c1ccc(OCC(C)C)cc1.I. The van der Waals surface area contributed by atoms with E-state index in [2.05, 4.69) is 60.7 Å². The molecule has 2 aromatic heterocycles. The monoisotopic (exact) mass is 550 g/mol. The zero-order valence-corrected chi connectivity index (χ0v) is 21.7. The molecule has 0 fully saturated rings. The van der Waals surface area contributed by atoms with Crippen LogP contribution in [-0.2, 0) is 6.42 Å². The number of aromatic nitrogens is 3. The molecule has 8 heteroatoms. The van der Waals surface area contributed by atoms with Gasteiger partial charge in [-0.05, 0) is 56.0 Å². The largest absolute Gasteiger partial charge is 0.493 e. The average molecular weight is 550 g/mol. The third kappa shape index (κ3) is 7.65. The van der Waals surface area contributed by atoms with Gasteiger partial charge in [0.25, 0.3) is 0 Å². The predicted octanol–water partition coefficient (Wildman–Crippen LogP) is 4.63. The lowest BCUT2D eigenvalue weighted by Crippen LogP contribution is -2.38. The Morgan fingerprint density at radius 1 is 1.09 bits per heavy atom. The lowest BCUT2D eigenvalue weighted by Gasteiger charge is -2.18. The highest BCUT2D eigenvalue weighted by Gasteiger charge is 2.09. The molecule has 0 saturated heterocycles. The van der Waals surface area contributed by atoms with Gasteiger partial charge >= 0.3 is 0 Å². The van der Waals surface area contributed by atoms with E-state index >= 15 is 0 Å². The normalized spacial score (nSPS) is 12.5. The van der Waals surface area contributed by atoms with Gasteiger partial charge in [-0.2, -0.15) is 0 Å². The smallest absolute Gasteiger partial charge is 0.191 e. The highest BCUT2D eigenvalue weighted by Crippen LogP contribution is 2.18. The minimum atomic E-state index is 0. The number of hydrogen-bond donors (Lipinski definition) is 2. The van der Waals surface area contributed by atoms with Gasteiger partial charge in [0.2, 0.25) is 0 Å². The average Bonchev–Trinajstić information content (AvgIpc) is 3.18. The van der Waals surface area contributed by atoms with Gasteiger partial charge in [0.05, 0.1) is 12.6 Å². The van der Waals surface area contributed by atoms with Crippen molar-refractivity contribution in [3.05, 3.63) is 60.0 Å². The van der Waals surface area contributed by atoms with E-state index in [0.29, 0.717) is 12.5 Å².